The van der Waals surface area contributed by atoms with Crippen LogP contribution in [0.25, 0.3) is 0 Å². The zero-order valence-corrected chi connectivity index (χ0v) is 8.97. The Morgan fingerprint density at radius 1 is 1.50 bits per heavy atom. The van der Waals surface area contributed by atoms with E-state index in [0.29, 0.717) is 5.92 Å². The normalized spacial score (nSPS) is 21.1. The Bertz CT molecular complexity index is 321. The quantitative estimate of drug-likeness (QED) is 0.812. The maximum Gasteiger partial charge on any atom is 0.120 e. The minimum absolute atomic E-state index is 0.563. The molecular weight excluding hydrogens is 198 g/mol. The molecule has 0 saturated carbocycles. The van der Waals surface area contributed by atoms with Crippen molar-refractivity contribution in [2.45, 2.75) is 12.3 Å². The van der Waals surface area contributed by atoms with Crippen LogP contribution >= 0.6 is 11.6 Å². The summed E-state index contributed by atoms with van der Waals surface area (Å²) in [6, 6.07) is 5.92. The van der Waals surface area contributed by atoms with Crippen molar-refractivity contribution in [1.82, 2.24) is 5.32 Å². The van der Waals surface area contributed by atoms with Gasteiger partial charge in [-0.2, -0.15) is 0 Å². The van der Waals surface area contributed by atoms with Crippen LogP contribution in [-0.2, 0) is 0 Å². The number of hydrogen-bond donors (Lipinski definition) is 1. The second-order valence-corrected chi connectivity index (χ2v) is 3.98. The number of methoxy groups -OCH3 is 1. The van der Waals surface area contributed by atoms with Crippen molar-refractivity contribution in [1.29, 1.82) is 0 Å². The van der Waals surface area contributed by atoms with Crippen molar-refractivity contribution in [2.24, 2.45) is 0 Å². The highest BCUT2D eigenvalue weighted by Crippen LogP contribution is 2.31. The zero-order chi connectivity index (χ0) is 9.97. The van der Waals surface area contributed by atoms with Gasteiger partial charge in [-0.25, -0.2) is 0 Å². The average Bonchev–Trinajstić information content (AvgIpc) is 2.70. The number of hydrogen-bond acceptors (Lipinski definition) is 2. The first-order valence-electron chi connectivity index (χ1n) is 4.85. The summed E-state index contributed by atoms with van der Waals surface area (Å²) in [4.78, 5) is 0. The zero-order valence-electron chi connectivity index (χ0n) is 8.22. The average molecular weight is 212 g/mol. The summed E-state index contributed by atoms with van der Waals surface area (Å²) in [5, 5.41) is 4.15. The minimum Gasteiger partial charge on any atom is -0.497 e. The van der Waals surface area contributed by atoms with E-state index in [9.17, 15) is 0 Å². The van der Waals surface area contributed by atoms with E-state index in [2.05, 4.69) is 11.4 Å². The van der Waals surface area contributed by atoms with E-state index < -0.39 is 0 Å². The molecule has 0 aliphatic carbocycles. The monoisotopic (exact) mass is 211 g/mol. The molecule has 3 heteroatoms. The van der Waals surface area contributed by atoms with Gasteiger partial charge in [-0.1, -0.05) is 17.7 Å². The van der Waals surface area contributed by atoms with Crippen molar-refractivity contribution >= 4 is 11.6 Å². The third kappa shape index (κ3) is 1.86. The lowest BCUT2D eigenvalue weighted by Gasteiger charge is -2.11. The second kappa shape index (κ2) is 4.20. The first-order valence-corrected chi connectivity index (χ1v) is 5.23. The molecule has 1 aromatic rings. The van der Waals surface area contributed by atoms with E-state index in [-0.39, 0.29) is 0 Å². The largest absolute Gasteiger partial charge is 0.497 e. The fourth-order valence-corrected chi connectivity index (χ4v) is 2.21. The Hall–Kier alpha value is -0.730. The van der Waals surface area contributed by atoms with E-state index >= 15 is 0 Å². The molecule has 2 rings (SSSR count). The number of nitrogens with one attached hydrogen (secondary N) is 1. The van der Waals surface area contributed by atoms with Crippen LogP contribution < -0.4 is 10.1 Å². The lowest BCUT2D eigenvalue weighted by molar-refractivity contribution is 0.414. The van der Waals surface area contributed by atoms with Gasteiger partial charge in [-0.3, -0.25) is 0 Å². The summed E-state index contributed by atoms with van der Waals surface area (Å²) in [5.41, 5.74) is 1.23. The van der Waals surface area contributed by atoms with Gasteiger partial charge in [0.2, 0.25) is 0 Å². The molecule has 1 saturated heterocycles. The Labute approximate surface area is 89.2 Å². The van der Waals surface area contributed by atoms with E-state index in [1.807, 2.05) is 12.1 Å². The van der Waals surface area contributed by atoms with Gasteiger partial charge in [0.1, 0.15) is 5.75 Å². The highest BCUT2D eigenvalue weighted by atomic mass is 35.5. The molecular formula is C11H14ClNO. The molecule has 1 aliphatic rings. The molecule has 1 aromatic carbocycles. The van der Waals surface area contributed by atoms with Crippen molar-refractivity contribution < 1.29 is 4.74 Å². The molecule has 1 aliphatic heterocycles. The standard InChI is InChI=1S/C11H14ClNO/c1-14-9-2-3-10(11(12)6-9)8-4-5-13-7-8/h2-3,6,8,13H,4-5,7H2,1H3/t8-/m1/s1. The van der Waals surface area contributed by atoms with Crippen LogP contribution in [0.4, 0.5) is 0 Å². The summed E-state index contributed by atoms with van der Waals surface area (Å²) in [5.74, 6) is 1.39. The number of ether oxygens (including phenoxy) is 1. The van der Waals surface area contributed by atoms with Gasteiger partial charge >= 0.3 is 0 Å². The highest BCUT2D eigenvalue weighted by Gasteiger charge is 2.18. The second-order valence-electron chi connectivity index (χ2n) is 3.58. The van der Waals surface area contributed by atoms with Crippen LogP contribution in [0.2, 0.25) is 5.02 Å². The van der Waals surface area contributed by atoms with Gasteiger partial charge < -0.3 is 10.1 Å². The van der Waals surface area contributed by atoms with Crippen LogP contribution in [0.1, 0.15) is 17.9 Å². The van der Waals surface area contributed by atoms with Crippen molar-refractivity contribution in [3.05, 3.63) is 28.8 Å². The van der Waals surface area contributed by atoms with Crippen LogP contribution in [0, 0.1) is 0 Å². The molecule has 14 heavy (non-hydrogen) atoms. The molecule has 0 bridgehead atoms. The predicted octanol–water partition coefficient (Wildman–Crippen LogP) is 2.43. The first-order chi connectivity index (χ1) is 6.81. The van der Waals surface area contributed by atoms with E-state index in [1.54, 1.807) is 7.11 Å². The molecule has 0 amide bonds. The third-order valence-electron chi connectivity index (χ3n) is 2.71. The lowest BCUT2D eigenvalue weighted by atomic mass is 9.98. The summed E-state index contributed by atoms with van der Waals surface area (Å²) in [6.45, 7) is 2.12. The van der Waals surface area contributed by atoms with Crippen molar-refractivity contribution in [2.75, 3.05) is 20.2 Å². The SMILES string of the molecule is COc1ccc([C@@H]2CCNC2)c(Cl)c1. The summed E-state index contributed by atoms with van der Waals surface area (Å²) in [6.07, 6.45) is 1.17. The number of halogens is 1. The van der Waals surface area contributed by atoms with Gasteiger partial charge in [0, 0.05) is 11.6 Å². The molecule has 1 atom stereocenters. The molecule has 0 unspecified atom stereocenters. The smallest absolute Gasteiger partial charge is 0.120 e. The topological polar surface area (TPSA) is 21.3 Å². The summed E-state index contributed by atoms with van der Waals surface area (Å²) >= 11 is 6.18. The van der Waals surface area contributed by atoms with Crippen molar-refractivity contribution in [3.63, 3.8) is 0 Å². The van der Waals surface area contributed by atoms with Gasteiger partial charge in [0.25, 0.3) is 0 Å². The lowest BCUT2D eigenvalue weighted by Crippen LogP contribution is -2.08. The molecule has 0 radical (unpaired) electrons. The molecule has 1 N–H and O–H groups in total. The number of rotatable bonds is 2. The van der Waals surface area contributed by atoms with E-state index in [0.717, 1.165) is 23.9 Å². The minimum atomic E-state index is 0.563. The molecule has 1 fully saturated rings. The van der Waals surface area contributed by atoms with Crippen LogP contribution in [0.3, 0.4) is 0 Å². The van der Waals surface area contributed by atoms with Gasteiger partial charge in [0.05, 0.1) is 7.11 Å². The molecule has 76 valence electrons. The first kappa shape index (κ1) is 9.81. The Morgan fingerprint density at radius 2 is 2.36 bits per heavy atom. The van der Waals surface area contributed by atoms with Crippen molar-refractivity contribution in [3.8, 4) is 5.75 Å². The maximum atomic E-state index is 6.18. The number of benzene rings is 1. The molecule has 0 spiro atoms. The van der Waals surface area contributed by atoms with E-state index in [4.69, 9.17) is 16.3 Å². The summed E-state index contributed by atoms with van der Waals surface area (Å²) < 4.78 is 5.11. The van der Waals surface area contributed by atoms with Gasteiger partial charge in [-0.15, -0.1) is 0 Å². The molecule has 2 nitrogen and oxygen atoms in total. The highest BCUT2D eigenvalue weighted by molar-refractivity contribution is 6.31. The van der Waals surface area contributed by atoms with Crippen LogP contribution in [0.5, 0.6) is 5.75 Å². The summed E-state index contributed by atoms with van der Waals surface area (Å²) in [7, 11) is 1.66. The van der Waals surface area contributed by atoms with Gasteiger partial charge in [0.15, 0.2) is 0 Å². The molecule has 1 heterocycles. The Kier molecular flexibility index (Phi) is 2.94. The molecule has 0 aromatic heterocycles. The predicted molar refractivity (Wildman–Crippen MR) is 58.2 cm³/mol. The van der Waals surface area contributed by atoms with E-state index in [1.165, 1.54) is 12.0 Å². The van der Waals surface area contributed by atoms with Crippen LogP contribution in [-0.4, -0.2) is 20.2 Å². The third-order valence-corrected chi connectivity index (χ3v) is 3.04. The van der Waals surface area contributed by atoms with Gasteiger partial charge in [-0.05, 0) is 36.6 Å². The van der Waals surface area contributed by atoms with Crippen LogP contribution in [0.15, 0.2) is 18.2 Å². The fraction of sp³-hybridized carbons (Fsp3) is 0.455. The Balaban J connectivity index is 2.25. The fourth-order valence-electron chi connectivity index (χ4n) is 1.89. The maximum absolute atomic E-state index is 6.18. The Morgan fingerprint density at radius 3 is 2.93 bits per heavy atom.